The molecule has 0 aliphatic heterocycles. The van der Waals surface area contributed by atoms with Crippen LogP contribution in [0.25, 0.3) is 10.8 Å². The average Bonchev–Trinajstić information content (AvgIpc) is 2.64. The van der Waals surface area contributed by atoms with Gasteiger partial charge in [0.25, 0.3) is 0 Å². The zero-order valence-corrected chi connectivity index (χ0v) is 16.1. The van der Waals surface area contributed by atoms with Gasteiger partial charge >= 0.3 is 0 Å². The van der Waals surface area contributed by atoms with E-state index in [1.807, 2.05) is 6.07 Å². The molecular formula is C22H28ClN3. The van der Waals surface area contributed by atoms with E-state index < -0.39 is 0 Å². The minimum atomic E-state index is 0. The fourth-order valence-corrected chi connectivity index (χ4v) is 3.18. The smallest absolute Gasteiger partial charge is 0.131 e. The van der Waals surface area contributed by atoms with Gasteiger partial charge in [0, 0.05) is 24.2 Å². The zero-order valence-electron chi connectivity index (χ0n) is 15.3. The number of hydrogen-bond donors (Lipinski definition) is 2. The molecule has 3 N–H and O–H groups in total. The second-order valence-corrected chi connectivity index (χ2v) is 6.77. The quantitative estimate of drug-likeness (QED) is 0.541. The minimum Gasteiger partial charge on any atom is -0.383 e. The maximum atomic E-state index is 5.91. The summed E-state index contributed by atoms with van der Waals surface area (Å²) in [4.78, 5) is 4.14. The first-order valence-electron chi connectivity index (χ1n) is 9.13. The van der Waals surface area contributed by atoms with Crippen molar-refractivity contribution in [2.45, 2.75) is 45.2 Å². The molecule has 1 heterocycles. The Morgan fingerprint density at radius 1 is 1.00 bits per heavy atom. The fraction of sp³-hybridized carbons (Fsp3) is 0.318. The highest BCUT2D eigenvalue weighted by Crippen LogP contribution is 2.20. The van der Waals surface area contributed by atoms with Crippen molar-refractivity contribution in [1.29, 1.82) is 0 Å². The summed E-state index contributed by atoms with van der Waals surface area (Å²) >= 11 is 0. The number of pyridine rings is 1. The Morgan fingerprint density at radius 3 is 2.62 bits per heavy atom. The molecule has 0 aliphatic rings. The molecule has 0 saturated carbocycles. The summed E-state index contributed by atoms with van der Waals surface area (Å²) in [5, 5.41) is 5.81. The van der Waals surface area contributed by atoms with E-state index in [0.29, 0.717) is 11.9 Å². The van der Waals surface area contributed by atoms with Gasteiger partial charge in [0.2, 0.25) is 0 Å². The van der Waals surface area contributed by atoms with E-state index >= 15 is 0 Å². The molecule has 0 saturated heterocycles. The van der Waals surface area contributed by atoms with Gasteiger partial charge in [-0.1, -0.05) is 48.9 Å². The van der Waals surface area contributed by atoms with Gasteiger partial charge in [0.1, 0.15) is 5.82 Å². The van der Waals surface area contributed by atoms with Crippen LogP contribution in [0.5, 0.6) is 0 Å². The van der Waals surface area contributed by atoms with Crippen molar-refractivity contribution in [3.63, 3.8) is 0 Å². The summed E-state index contributed by atoms with van der Waals surface area (Å²) < 4.78 is 0. The molecule has 2 aromatic carbocycles. The Labute approximate surface area is 162 Å². The first-order valence-corrected chi connectivity index (χ1v) is 9.13. The molecule has 3 aromatic rings. The second-order valence-electron chi connectivity index (χ2n) is 6.77. The number of anilines is 1. The van der Waals surface area contributed by atoms with Crippen molar-refractivity contribution in [2.75, 3.05) is 5.73 Å². The molecule has 0 radical (unpaired) electrons. The molecule has 3 rings (SSSR count). The number of rotatable bonds is 8. The standard InChI is InChI=1S/C22H27N3.ClH/c1-17(7-5-6-10-18-8-3-2-4-9-18)25-16-19-11-12-21-20(15-19)13-14-24-22(21)23;/h2-4,8-9,11-15,17,25H,5-7,10,16H2,1H3,(H2,23,24);1H/t17-;/m1./s1. The largest absolute Gasteiger partial charge is 0.383 e. The molecule has 26 heavy (non-hydrogen) atoms. The zero-order chi connectivity index (χ0) is 17.5. The fourth-order valence-electron chi connectivity index (χ4n) is 3.18. The van der Waals surface area contributed by atoms with Crippen molar-refractivity contribution in [2.24, 2.45) is 0 Å². The van der Waals surface area contributed by atoms with Gasteiger partial charge in [0.15, 0.2) is 0 Å². The highest BCUT2D eigenvalue weighted by molar-refractivity contribution is 5.91. The number of nitrogens with two attached hydrogens (primary N) is 1. The van der Waals surface area contributed by atoms with Crippen LogP contribution in [0.4, 0.5) is 5.82 Å². The molecule has 1 aromatic heterocycles. The number of nitrogen functional groups attached to an aromatic ring is 1. The van der Waals surface area contributed by atoms with Crippen LogP contribution in [0.3, 0.4) is 0 Å². The van der Waals surface area contributed by atoms with E-state index in [1.165, 1.54) is 36.8 Å². The van der Waals surface area contributed by atoms with Crippen LogP contribution in [0.1, 0.15) is 37.3 Å². The topological polar surface area (TPSA) is 50.9 Å². The Kier molecular flexibility index (Phi) is 7.89. The number of nitrogens with zero attached hydrogens (tertiary/aromatic N) is 1. The number of unbranched alkanes of at least 4 members (excludes halogenated alkanes) is 1. The minimum absolute atomic E-state index is 0. The molecule has 0 fully saturated rings. The van der Waals surface area contributed by atoms with Gasteiger partial charge < -0.3 is 11.1 Å². The first kappa shape index (κ1) is 20.2. The Hall–Kier alpha value is -2.10. The third-order valence-corrected chi connectivity index (χ3v) is 4.71. The molecule has 138 valence electrons. The Balaban J connectivity index is 0.00000243. The van der Waals surface area contributed by atoms with Crippen molar-refractivity contribution < 1.29 is 0 Å². The van der Waals surface area contributed by atoms with Crippen LogP contribution in [-0.2, 0) is 13.0 Å². The Morgan fingerprint density at radius 2 is 1.81 bits per heavy atom. The van der Waals surface area contributed by atoms with E-state index in [-0.39, 0.29) is 12.4 Å². The highest BCUT2D eigenvalue weighted by Gasteiger charge is 2.04. The van der Waals surface area contributed by atoms with Gasteiger partial charge in [-0.05, 0) is 54.8 Å². The first-order chi connectivity index (χ1) is 12.2. The van der Waals surface area contributed by atoms with Crippen molar-refractivity contribution >= 4 is 29.0 Å². The molecule has 0 unspecified atom stereocenters. The van der Waals surface area contributed by atoms with E-state index in [1.54, 1.807) is 6.20 Å². The number of benzene rings is 2. The summed E-state index contributed by atoms with van der Waals surface area (Å²) in [6.07, 6.45) is 6.65. The van der Waals surface area contributed by atoms with Crippen molar-refractivity contribution in [1.82, 2.24) is 10.3 Å². The summed E-state index contributed by atoms with van der Waals surface area (Å²) in [5.74, 6) is 0.601. The van der Waals surface area contributed by atoms with Crippen molar-refractivity contribution in [3.05, 3.63) is 71.9 Å². The number of aryl methyl sites for hydroxylation is 1. The SMILES string of the molecule is C[C@H](CCCCc1ccccc1)NCc1ccc2c(N)nccc2c1.Cl. The van der Waals surface area contributed by atoms with Crippen LogP contribution in [0, 0.1) is 0 Å². The summed E-state index contributed by atoms with van der Waals surface area (Å²) in [7, 11) is 0. The van der Waals surface area contributed by atoms with Gasteiger partial charge in [0.05, 0.1) is 0 Å². The maximum absolute atomic E-state index is 5.91. The van der Waals surface area contributed by atoms with Gasteiger partial charge in [-0.15, -0.1) is 12.4 Å². The molecule has 0 spiro atoms. The van der Waals surface area contributed by atoms with E-state index in [0.717, 1.165) is 17.3 Å². The number of fused-ring (bicyclic) bond motifs is 1. The van der Waals surface area contributed by atoms with E-state index in [2.05, 4.69) is 65.8 Å². The lowest BCUT2D eigenvalue weighted by Crippen LogP contribution is -2.25. The lowest BCUT2D eigenvalue weighted by Gasteiger charge is -2.14. The van der Waals surface area contributed by atoms with E-state index in [9.17, 15) is 0 Å². The second kappa shape index (κ2) is 10.1. The molecule has 0 aliphatic carbocycles. The third-order valence-electron chi connectivity index (χ3n) is 4.71. The average molecular weight is 370 g/mol. The van der Waals surface area contributed by atoms with Crippen LogP contribution >= 0.6 is 12.4 Å². The lowest BCUT2D eigenvalue weighted by atomic mass is 10.0. The van der Waals surface area contributed by atoms with Crippen molar-refractivity contribution in [3.8, 4) is 0 Å². The van der Waals surface area contributed by atoms with E-state index in [4.69, 9.17) is 5.73 Å². The maximum Gasteiger partial charge on any atom is 0.131 e. The predicted octanol–water partition coefficient (Wildman–Crippen LogP) is 5.13. The number of halogens is 1. The monoisotopic (exact) mass is 369 g/mol. The number of nitrogens with one attached hydrogen (secondary N) is 1. The molecular weight excluding hydrogens is 342 g/mol. The summed E-state index contributed by atoms with van der Waals surface area (Å²) in [5.41, 5.74) is 8.64. The van der Waals surface area contributed by atoms with Crippen LogP contribution < -0.4 is 11.1 Å². The molecule has 4 heteroatoms. The van der Waals surface area contributed by atoms with Crippen LogP contribution in [0.2, 0.25) is 0 Å². The number of aromatic nitrogens is 1. The number of hydrogen-bond acceptors (Lipinski definition) is 3. The normalized spacial score (nSPS) is 11.9. The van der Waals surface area contributed by atoms with Gasteiger partial charge in [-0.3, -0.25) is 0 Å². The lowest BCUT2D eigenvalue weighted by molar-refractivity contribution is 0.489. The van der Waals surface area contributed by atoms with Gasteiger partial charge in [-0.25, -0.2) is 4.98 Å². The van der Waals surface area contributed by atoms with Crippen LogP contribution in [0.15, 0.2) is 60.8 Å². The summed E-state index contributed by atoms with van der Waals surface area (Å²) in [6, 6.07) is 19.7. The highest BCUT2D eigenvalue weighted by atomic mass is 35.5. The molecule has 1 atom stereocenters. The molecule has 0 amide bonds. The predicted molar refractivity (Wildman–Crippen MR) is 114 cm³/mol. The van der Waals surface area contributed by atoms with Crippen LogP contribution in [-0.4, -0.2) is 11.0 Å². The summed E-state index contributed by atoms with van der Waals surface area (Å²) in [6.45, 7) is 3.16. The molecule has 0 bridgehead atoms. The Bertz CT molecular complexity index is 805. The third kappa shape index (κ3) is 5.72. The van der Waals surface area contributed by atoms with Gasteiger partial charge in [-0.2, -0.15) is 0 Å². The molecule has 3 nitrogen and oxygen atoms in total.